The second-order valence-corrected chi connectivity index (χ2v) is 5.44. The Labute approximate surface area is 124 Å². The van der Waals surface area contributed by atoms with Crippen LogP contribution in [0.5, 0.6) is 5.75 Å². The molecule has 1 saturated heterocycles. The van der Waals surface area contributed by atoms with Crippen molar-refractivity contribution >= 4 is 17.5 Å². The number of amides is 1. The molecule has 1 unspecified atom stereocenters. The summed E-state index contributed by atoms with van der Waals surface area (Å²) in [7, 11) is 0. The molecule has 4 nitrogen and oxygen atoms in total. The summed E-state index contributed by atoms with van der Waals surface area (Å²) >= 11 is 6.08. The predicted molar refractivity (Wildman–Crippen MR) is 77.9 cm³/mol. The minimum atomic E-state index is -0.599. The summed E-state index contributed by atoms with van der Waals surface area (Å²) in [5, 5.41) is 9.72. The number of carbonyl (C=O) groups excluding carboxylic acids is 1. The van der Waals surface area contributed by atoms with Gasteiger partial charge in [0.2, 0.25) is 0 Å². The molecule has 1 atom stereocenters. The lowest BCUT2D eigenvalue weighted by Gasteiger charge is -2.29. The highest BCUT2D eigenvalue weighted by Gasteiger charge is 2.24. The van der Waals surface area contributed by atoms with Gasteiger partial charge < -0.3 is 14.7 Å². The SMILES string of the molecule is CC(Oc1c(Cl)cccc1CO)C(=O)N1CCCCC1. The summed E-state index contributed by atoms with van der Waals surface area (Å²) in [5.41, 5.74) is 0.593. The Morgan fingerprint density at radius 2 is 2.10 bits per heavy atom. The number of halogens is 1. The molecule has 1 N–H and O–H groups in total. The van der Waals surface area contributed by atoms with Crippen molar-refractivity contribution in [2.75, 3.05) is 13.1 Å². The van der Waals surface area contributed by atoms with Crippen LogP contribution in [0.25, 0.3) is 0 Å². The number of nitrogens with zero attached hydrogens (tertiary/aromatic N) is 1. The second-order valence-electron chi connectivity index (χ2n) is 5.03. The van der Waals surface area contributed by atoms with Gasteiger partial charge >= 0.3 is 0 Å². The van der Waals surface area contributed by atoms with Gasteiger partial charge in [0, 0.05) is 18.7 Å². The Kier molecular flexibility index (Phi) is 5.26. The Morgan fingerprint density at radius 1 is 1.40 bits per heavy atom. The van der Waals surface area contributed by atoms with E-state index in [4.69, 9.17) is 16.3 Å². The van der Waals surface area contributed by atoms with Gasteiger partial charge in [0.15, 0.2) is 6.10 Å². The van der Waals surface area contributed by atoms with E-state index in [1.807, 2.05) is 4.90 Å². The zero-order valence-electron chi connectivity index (χ0n) is 11.6. The predicted octanol–water partition coefficient (Wildman–Crippen LogP) is 2.61. The third-order valence-electron chi connectivity index (χ3n) is 3.53. The van der Waals surface area contributed by atoms with Crippen LogP contribution in [0.4, 0.5) is 0 Å². The van der Waals surface area contributed by atoms with E-state index in [0.29, 0.717) is 16.3 Å². The van der Waals surface area contributed by atoms with Crippen molar-refractivity contribution in [1.29, 1.82) is 0 Å². The Hall–Kier alpha value is -1.26. The van der Waals surface area contributed by atoms with Crippen molar-refractivity contribution in [1.82, 2.24) is 4.90 Å². The van der Waals surface area contributed by atoms with Crippen molar-refractivity contribution in [2.45, 2.75) is 38.9 Å². The number of hydrogen-bond donors (Lipinski definition) is 1. The third-order valence-corrected chi connectivity index (χ3v) is 3.83. The van der Waals surface area contributed by atoms with E-state index in [9.17, 15) is 9.90 Å². The van der Waals surface area contributed by atoms with Crippen LogP contribution in [0.1, 0.15) is 31.7 Å². The highest BCUT2D eigenvalue weighted by atomic mass is 35.5. The first kappa shape index (κ1) is 15.1. The standard InChI is InChI=1S/C15H20ClNO3/c1-11(15(19)17-8-3-2-4-9-17)20-14-12(10-18)6-5-7-13(14)16/h5-7,11,18H,2-4,8-10H2,1H3. The van der Waals surface area contributed by atoms with E-state index < -0.39 is 6.10 Å². The summed E-state index contributed by atoms with van der Waals surface area (Å²) in [6, 6.07) is 5.17. The fourth-order valence-electron chi connectivity index (χ4n) is 2.41. The zero-order valence-corrected chi connectivity index (χ0v) is 12.4. The van der Waals surface area contributed by atoms with Crippen LogP contribution >= 0.6 is 11.6 Å². The molecule has 110 valence electrons. The lowest BCUT2D eigenvalue weighted by molar-refractivity contribution is -0.138. The normalized spacial score (nSPS) is 16.9. The quantitative estimate of drug-likeness (QED) is 0.929. The Morgan fingerprint density at radius 3 is 2.75 bits per heavy atom. The summed E-state index contributed by atoms with van der Waals surface area (Å²) in [5.74, 6) is 0.378. The van der Waals surface area contributed by atoms with Gasteiger partial charge in [-0.05, 0) is 32.3 Å². The minimum Gasteiger partial charge on any atom is -0.479 e. The first-order valence-electron chi connectivity index (χ1n) is 6.97. The number of aliphatic hydroxyl groups excluding tert-OH is 1. The van der Waals surface area contributed by atoms with E-state index >= 15 is 0 Å². The van der Waals surface area contributed by atoms with Gasteiger partial charge in [-0.25, -0.2) is 0 Å². The third kappa shape index (κ3) is 3.44. The number of aliphatic hydroxyl groups is 1. The molecule has 0 saturated carbocycles. The zero-order chi connectivity index (χ0) is 14.5. The molecule has 1 aliphatic rings. The number of hydrogen-bond acceptors (Lipinski definition) is 3. The van der Waals surface area contributed by atoms with Gasteiger partial charge in [0.1, 0.15) is 5.75 Å². The molecule has 0 bridgehead atoms. The number of carbonyl (C=O) groups is 1. The van der Waals surface area contributed by atoms with Crippen molar-refractivity contribution in [3.8, 4) is 5.75 Å². The largest absolute Gasteiger partial charge is 0.479 e. The molecule has 1 fully saturated rings. The molecule has 1 aromatic carbocycles. The van der Waals surface area contributed by atoms with Crippen LogP contribution in [0.2, 0.25) is 5.02 Å². The average molecular weight is 298 g/mol. The number of para-hydroxylation sites is 1. The van der Waals surface area contributed by atoms with Crippen LogP contribution in [0.3, 0.4) is 0 Å². The van der Waals surface area contributed by atoms with E-state index in [1.165, 1.54) is 6.42 Å². The van der Waals surface area contributed by atoms with Crippen LogP contribution in [0, 0.1) is 0 Å². The molecule has 1 aromatic rings. The molecule has 1 amide bonds. The molecule has 5 heteroatoms. The fourth-order valence-corrected chi connectivity index (χ4v) is 2.65. The fraction of sp³-hybridized carbons (Fsp3) is 0.533. The van der Waals surface area contributed by atoms with Gasteiger partial charge in [-0.1, -0.05) is 23.7 Å². The first-order valence-corrected chi connectivity index (χ1v) is 7.35. The van der Waals surface area contributed by atoms with E-state index in [2.05, 4.69) is 0 Å². The molecule has 0 radical (unpaired) electrons. The van der Waals surface area contributed by atoms with Gasteiger partial charge in [0.05, 0.1) is 11.6 Å². The first-order chi connectivity index (χ1) is 9.63. The van der Waals surface area contributed by atoms with Gasteiger partial charge in [0.25, 0.3) is 5.91 Å². The maximum absolute atomic E-state index is 12.3. The van der Waals surface area contributed by atoms with Crippen molar-refractivity contribution in [3.05, 3.63) is 28.8 Å². The van der Waals surface area contributed by atoms with Crippen LogP contribution in [0.15, 0.2) is 18.2 Å². The Balaban J connectivity index is 2.07. The molecule has 1 heterocycles. The summed E-state index contributed by atoms with van der Waals surface area (Å²) < 4.78 is 5.70. The smallest absolute Gasteiger partial charge is 0.263 e. The van der Waals surface area contributed by atoms with E-state index in [1.54, 1.807) is 25.1 Å². The summed E-state index contributed by atoms with van der Waals surface area (Å²) in [4.78, 5) is 14.1. The minimum absolute atomic E-state index is 0.0199. The topological polar surface area (TPSA) is 49.8 Å². The molecule has 0 aliphatic carbocycles. The molecule has 20 heavy (non-hydrogen) atoms. The number of piperidine rings is 1. The maximum Gasteiger partial charge on any atom is 0.263 e. The van der Waals surface area contributed by atoms with Crippen LogP contribution in [-0.4, -0.2) is 35.1 Å². The van der Waals surface area contributed by atoms with E-state index in [-0.39, 0.29) is 12.5 Å². The van der Waals surface area contributed by atoms with E-state index in [0.717, 1.165) is 25.9 Å². The van der Waals surface area contributed by atoms with Gasteiger partial charge in [-0.3, -0.25) is 4.79 Å². The number of rotatable bonds is 4. The molecule has 0 spiro atoms. The maximum atomic E-state index is 12.3. The average Bonchev–Trinajstić information content (AvgIpc) is 2.49. The summed E-state index contributed by atoms with van der Waals surface area (Å²) in [6.45, 7) is 3.14. The lowest BCUT2D eigenvalue weighted by atomic mass is 10.1. The highest BCUT2D eigenvalue weighted by Crippen LogP contribution is 2.30. The van der Waals surface area contributed by atoms with Gasteiger partial charge in [-0.2, -0.15) is 0 Å². The van der Waals surface area contributed by atoms with Gasteiger partial charge in [-0.15, -0.1) is 0 Å². The highest BCUT2D eigenvalue weighted by molar-refractivity contribution is 6.32. The molecule has 1 aliphatic heterocycles. The molecule has 2 rings (SSSR count). The number of benzene rings is 1. The van der Waals surface area contributed by atoms with Crippen molar-refractivity contribution in [3.63, 3.8) is 0 Å². The lowest BCUT2D eigenvalue weighted by Crippen LogP contribution is -2.43. The monoisotopic (exact) mass is 297 g/mol. The van der Waals surface area contributed by atoms with Crippen molar-refractivity contribution < 1.29 is 14.6 Å². The Bertz CT molecular complexity index is 472. The summed E-state index contributed by atoms with van der Waals surface area (Å²) in [6.07, 6.45) is 2.68. The molecular formula is C15H20ClNO3. The van der Waals surface area contributed by atoms with Crippen LogP contribution in [-0.2, 0) is 11.4 Å². The van der Waals surface area contributed by atoms with Crippen molar-refractivity contribution in [2.24, 2.45) is 0 Å². The molecular weight excluding hydrogens is 278 g/mol. The second kappa shape index (κ2) is 6.95. The number of likely N-dealkylation sites (tertiary alicyclic amines) is 1. The molecule has 0 aromatic heterocycles. The number of ether oxygens (including phenoxy) is 1. The van der Waals surface area contributed by atoms with Crippen LogP contribution < -0.4 is 4.74 Å².